The van der Waals surface area contributed by atoms with Crippen LogP contribution in [-0.2, 0) is 4.74 Å². The molecule has 0 aliphatic heterocycles. The highest BCUT2D eigenvalue weighted by Gasteiger charge is 2.16. The van der Waals surface area contributed by atoms with Crippen LogP contribution in [0.15, 0.2) is 29.3 Å². The molecule has 2 rings (SSSR count). The number of hydrogen-bond donors (Lipinski definition) is 0. The van der Waals surface area contributed by atoms with Gasteiger partial charge in [-0.3, -0.25) is 0 Å². The highest BCUT2D eigenvalue weighted by atomic mass is 79.9. The Morgan fingerprint density at radius 3 is 2.78 bits per heavy atom. The summed E-state index contributed by atoms with van der Waals surface area (Å²) in [4.78, 5) is 0. The van der Waals surface area contributed by atoms with Crippen LogP contribution in [0.1, 0.15) is 37.3 Å². The molecule has 3 heteroatoms. The van der Waals surface area contributed by atoms with Gasteiger partial charge in [0.25, 0.3) is 0 Å². The molecule has 0 N–H and O–H groups in total. The highest BCUT2D eigenvalue weighted by molar-refractivity contribution is 9.11. The van der Waals surface area contributed by atoms with Crippen molar-refractivity contribution >= 4 is 27.3 Å². The zero-order valence-electron chi connectivity index (χ0n) is 10.4. The zero-order valence-corrected chi connectivity index (χ0v) is 12.0. The smallest absolute Gasteiger partial charge is 0.124 e. The number of halogens is 2. The van der Waals surface area contributed by atoms with E-state index in [0.717, 1.165) is 24.8 Å². The van der Waals surface area contributed by atoms with E-state index in [9.17, 15) is 4.39 Å². The Hall–Kier alpha value is -1.09. The van der Waals surface area contributed by atoms with Crippen LogP contribution in [-0.4, -0.2) is 6.61 Å². The normalized spacial score (nSPS) is 15.1. The van der Waals surface area contributed by atoms with Gasteiger partial charge in [-0.05, 0) is 60.0 Å². The van der Waals surface area contributed by atoms with Crippen molar-refractivity contribution in [2.75, 3.05) is 6.61 Å². The SMILES string of the molecule is C=C(OCC)c1cc(F)cc(C2=C(Br)CCC2)c1. The van der Waals surface area contributed by atoms with Crippen molar-refractivity contribution in [3.05, 3.63) is 46.2 Å². The van der Waals surface area contributed by atoms with Crippen LogP contribution >= 0.6 is 15.9 Å². The standard InChI is InChI=1S/C15H16BrFO/c1-3-18-10(2)11-7-12(9-13(17)8-11)14-5-4-6-15(14)16/h7-9H,2-6H2,1H3. The summed E-state index contributed by atoms with van der Waals surface area (Å²) >= 11 is 3.56. The second-order valence-electron chi connectivity index (χ2n) is 4.32. The van der Waals surface area contributed by atoms with Gasteiger partial charge in [0.05, 0.1) is 6.61 Å². The van der Waals surface area contributed by atoms with E-state index in [2.05, 4.69) is 22.5 Å². The molecule has 0 aromatic heterocycles. The van der Waals surface area contributed by atoms with Crippen LogP contribution in [0, 0.1) is 5.82 Å². The molecular weight excluding hydrogens is 295 g/mol. The van der Waals surface area contributed by atoms with Gasteiger partial charge in [0.2, 0.25) is 0 Å². The third-order valence-electron chi connectivity index (χ3n) is 3.04. The highest BCUT2D eigenvalue weighted by Crippen LogP contribution is 2.38. The maximum atomic E-state index is 13.7. The number of hydrogen-bond acceptors (Lipinski definition) is 1. The van der Waals surface area contributed by atoms with Gasteiger partial charge in [-0.2, -0.15) is 0 Å². The summed E-state index contributed by atoms with van der Waals surface area (Å²) in [5.41, 5.74) is 2.84. The van der Waals surface area contributed by atoms with Gasteiger partial charge >= 0.3 is 0 Å². The molecule has 0 atom stereocenters. The van der Waals surface area contributed by atoms with E-state index in [1.807, 2.05) is 13.0 Å². The second-order valence-corrected chi connectivity index (χ2v) is 5.28. The number of allylic oxidation sites excluding steroid dienone is 2. The number of ether oxygens (including phenoxy) is 1. The van der Waals surface area contributed by atoms with E-state index in [-0.39, 0.29) is 5.82 Å². The summed E-state index contributed by atoms with van der Waals surface area (Å²) in [6.45, 7) is 6.25. The van der Waals surface area contributed by atoms with E-state index in [0.29, 0.717) is 17.9 Å². The molecule has 1 nitrogen and oxygen atoms in total. The Labute approximate surface area is 115 Å². The average Bonchev–Trinajstić information content (AvgIpc) is 2.75. The zero-order chi connectivity index (χ0) is 13.1. The first-order valence-electron chi connectivity index (χ1n) is 6.12. The van der Waals surface area contributed by atoms with Gasteiger partial charge in [0, 0.05) is 5.56 Å². The first-order chi connectivity index (χ1) is 8.61. The Balaban J connectivity index is 2.38. The minimum Gasteiger partial charge on any atom is -0.494 e. The van der Waals surface area contributed by atoms with Crippen molar-refractivity contribution in [2.45, 2.75) is 26.2 Å². The molecule has 0 heterocycles. The van der Waals surface area contributed by atoms with Crippen LogP contribution < -0.4 is 0 Å². The summed E-state index contributed by atoms with van der Waals surface area (Å²) in [5.74, 6) is 0.274. The molecule has 0 spiro atoms. The lowest BCUT2D eigenvalue weighted by Gasteiger charge is -2.10. The van der Waals surface area contributed by atoms with Crippen molar-refractivity contribution in [1.29, 1.82) is 0 Å². The Morgan fingerprint density at radius 2 is 2.17 bits per heavy atom. The number of benzene rings is 1. The van der Waals surface area contributed by atoms with Gasteiger partial charge in [0.15, 0.2) is 0 Å². The first kappa shape index (κ1) is 13.3. The fourth-order valence-electron chi connectivity index (χ4n) is 2.19. The predicted octanol–water partition coefficient (Wildman–Crippen LogP) is 5.12. The molecule has 0 radical (unpaired) electrons. The van der Waals surface area contributed by atoms with Crippen LogP contribution in [0.5, 0.6) is 0 Å². The topological polar surface area (TPSA) is 9.23 Å². The van der Waals surface area contributed by atoms with Gasteiger partial charge in [0.1, 0.15) is 11.6 Å². The largest absolute Gasteiger partial charge is 0.494 e. The van der Waals surface area contributed by atoms with Crippen molar-refractivity contribution in [2.24, 2.45) is 0 Å². The minimum absolute atomic E-state index is 0.247. The lowest BCUT2D eigenvalue weighted by atomic mass is 10.0. The fraction of sp³-hybridized carbons (Fsp3) is 0.333. The van der Waals surface area contributed by atoms with Crippen molar-refractivity contribution in [3.63, 3.8) is 0 Å². The van der Waals surface area contributed by atoms with Crippen molar-refractivity contribution in [1.82, 2.24) is 0 Å². The van der Waals surface area contributed by atoms with E-state index < -0.39 is 0 Å². The lowest BCUT2D eigenvalue weighted by Crippen LogP contribution is -1.94. The molecule has 0 bridgehead atoms. The number of rotatable bonds is 4. The molecule has 1 aliphatic rings. The molecule has 1 aromatic rings. The van der Waals surface area contributed by atoms with Gasteiger partial charge in [-0.25, -0.2) is 4.39 Å². The fourth-order valence-corrected chi connectivity index (χ4v) is 2.90. The molecule has 0 amide bonds. The summed E-state index contributed by atoms with van der Waals surface area (Å²) in [6, 6.07) is 4.98. The van der Waals surface area contributed by atoms with E-state index in [4.69, 9.17) is 4.74 Å². The van der Waals surface area contributed by atoms with Crippen LogP contribution in [0.25, 0.3) is 11.3 Å². The molecule has 1 aromatic carbocycles. The second kappa shape index (κ2) is 5.70. The summed E-state index contributed by atoms with van der Waals surface area (Å²) in [5, 5.41) is 0. The van der Waals surface area contributed by atoms with E-state index in [1.165, 1.54) is 16.1 Å². The van der Waals surface area contributed by atoms with E-state index >= 15 is 0 Å². The maximum Gasteiger partial charge on any atom is 0.124 e. The average molecular weight is 311 g/mol. The van der Waals surface area contributed by atoms with E-state index in [1.54, 1.807) is 6.07 Å². The van der Waals surface area contributed by atoms with Crippen LogP contribution in [0.4, 0.5) is 4.39 Å². The molecule has 1 aliphatic carbocycles. The summed E-state index contributed by atoms with van der Waals surface area (Å²) in [6.07, 6.45) is 3.15. The minimum atomic E-state index is -0.247. The summed E-state index contributed by atoms with van der Waals surface area (Å²) < 4.78 is 20.2. The molecular formula is C15H16BrFO. The summed E-state index contributed by atoms with van der Waals surface area (Å²) in [7, 11) is 0. The van der Waals surface area contributed by atoms with Gasteiger partial charge in [-0.1, -0.05) is 22.5 Å². The van der Waals surface area contributed by atoms with Crippen LogP contribution in [0.3, 0.4) is 0 Å². The van der Waals surface area contributed by atoms with Crippen molar-refractivity contribution in [3.8, 4) is 0 Å². The van der Waals surface area contributed by atoms with Gasteiger partial charge in [-0.15, -0.1) is 0 Å². The molecule has 96 valence electrons. The Bertz CT molecular complexity index is 505. The third-order valence-corrected chi connectivity index (χ3v) is 3.91. The monoisotopic (exact) mass is 310 g/mol. The maximum absolute atomic E-state index is 13.7. The van der Waals surface area contributed by atoms with Crippen LogP contribution in [0.2, 0.25) is 0 Å². The quantitative estimate of drug-likeness (QED) is 0.701. The predicted molar refractivity (Wildman–Crippen MR) is 76.8 cm³/mol. The molecule has 0 saturated carbocycles. The third kappa shape index (κ3) is 2.83. The van der Waals surface area contributed by atoms with Gasteiger partial charge < -0.3 is 4.74 Å². The molecule has 0 saturated heterocycles. The Kier molecular flexibility index (Phi) is 4.23. The van der Waals surface area contributed by atoms with Crippen molar-refractivity contribution < 1.29 is 9.13 Å². The molecule has 18 heavy (non-hydrogen) atoms. The first-order valence-corrected chi connectivity index (χ1v) is 6.91. The molecule has 0 fully saturated rings. The Morgan fingerprint density at radius 1 is 1.39 bits per heavy atom. The molecule has 0 unspecified atom stereocenters. The lowest BCUT2D eigenvalue weighted by molar-refractivity contribution is 0.299.